The molecule has 8 nitrogen and oxygen atoms in total. The second-order valence-electron chi connectivity index (χ2n) is 7.43. The van der Waals surface area contributed by atoms with E-state index in [0.717, 1.165) is 42.8 Å². The van der Waals surface area contributed by atoms with Crippen LogP contribution in [0.15, 0.2) is 15.6 Å². The molecule has 0 saturated carbocycles. The number of nitrogens with one attached hydrogen (secondary N) is 2. The Kier molecular flexibility index (Phi) is 4.78. The summed E-state index contributed by atoms with van der Waals surface area (Å²) >= 11 is 0. The van der Waals surface area contributed by atoms with Crippen LogP contribution in [0, 0.1) is 6.92 Å². The van der Waals surface area contributed by atoms with Crippen molar-refractivity contribution in [2.45, 2.75) is 65.1 Å². The first-order chi connectivity index (χ1) is 11.8. The van der Waals surface area contributed by atoms with Gasteiger partial charge in [0.15, 0.2) is 5.96 Å². The quantitative estimate of drug-likeness (QED) is 0.648. The number of aromatic nitrogens is 4. The van der Waals surface area contributed by atoms with Crippen molar-refractivity contribution in [2.75, 3.05) is 7.05 Å². The van der Waals surface area contributed by atoms with Crippen molar-refractivity contribution in [3.63, 3.8) is 0 Å². The molecule has 0 aromatic carbocycles. The van der Waals surface area contributed by atoms with Crippen LogP contribution < -0.4 is 10.6 Å². The summed E-state index contributed by atoms with van der Waals surface area (Å²) in [6, 6.07) is 0.273. The standard InChI is InChI=1S/C17H27N7O/c1-11-21-14-7-6-12(10-24(14)23-11)22-16(18-5)20-9-15-19-8-13(25-15)17(2,3)4/h8,12H,6-7,9-10H2,1-5H3,(H2,18,20,22). The summed E-state index contributed by atoms with van der Waals surface area (Å²) in [7, 11) is 1.76. The number of hydrogen-bond acceptors (Lipinski definition) is 5. The zero-order chi connectivity index (χ0) is 18.0. The van der Waals surface area contributed by atoms with Crippen LogP contribution in [0.25, 0.3) is 0 Å². The Labute approximate surface area is 148 Å². The lowest BCUT2D eigenvalue weighted by molar-refractivity contribution is 0.376. The Hall–Kier alpha value is -2.38. The van der Waals surface area contributed by atoms with Crippen molar-refractivity contribution in [1.29, 1.82) is 0 Å². The number of fused-ring (bicyclic) bond motifs is 1. The highest BCUT2D eigenvalue weighted by atomic mass is 16.4. The number of oxazole rings is 1. The summed E-state index contributed by atoms with van der Waals surface area (Å²) < 4.78 is 7.78. The zero-order valence-corrected chi connectivity index (χ0v) is 15.6. The first-order valence-corrected chi connectivity index (χ1v) is 8.68. The summed E-state index contributed by atoms with van der Waals surface area (Å²) in [6.45, 7) is 9.54. The lowest BCUT2D eigenvalue weighted by atomic mass is 9.94. The number of aliphatic imine (C=N–C) groups is 1. The van der Waals surface area contributed by atoms with Gasteiger partial charge in [-0.1, -0.05) is 20.8 Å². The maximum Gasteiger partial charge on any atom is 0.213 e. The number of aryl methyl sites for hydroxylation is 2. The van der Waals surface area contributed by atoms with Gasteiger partial charge in [0.2, 0.25) is 5.89 Å². The molecule has 0 amide bonds. The van der Waals surface area contributed by atoms with Gasteiger partial charge < -0.3 is 15.1 Å². The lowest BCUT2D eigenvalue weighted by Crippen LogP contribution is -2.46. The lowest BCUT2D eigenvalue weighted by Gasteiger charge is -2.25. The molecule has 3 rings (SSSR count). The van der Waals surface area contributed by atoms with E-state index >= 15 is 0 Å². The predicted molar refractivity (Wildman–Crippen MR) is 95.4 cm³/mol. The minimum Gasteiger partial charge on any atom is -0.443 e. The van der Waals surface area contributed by atoms with Gasteiger partial charge >= 0.3 is 0 Å². The molecule has 1 unspecified atom stereocenters. The molecule has 0 saturated heterocycles. The smallest absolute Gasteiger partial charge is 0.213 e. The van der Waals surface area contributed by atoms with E-state index in [4.69, 9.17) is 4.42 Å². The highest BCUT2D eigenvalue weighted by molar-refractivity contribution is 5.79. The van der Waals surface area contributed by atoms with E-state index < -0.39 is 0 Å². The number of hydrogen-bond donors (Lipinski definition) is 2. The Morgan fingerprint density at radius 2 is 2.24 bits per heavy atom. The van der Waals surface area contributed by atoms with Crippen LogP contribution in [0.3, 0.4) is 0 Å². The Balaban J connectivity index is 1.54. The van der Waals surface area contributed by atoms with Crippen LogP contribution in [-0.2, 0) is 24.9 Å². The van der Waals surface area contributed by atoms with E-state index in [0.29, 0.717) is 12.4 Å². The van der Waals surface area contributed by atoms with Crippen LogP contribution in [-0.4, -0.2) is 38.8 Å². The summed E-state index contributed by atoms with van der Waals surface area (Å²) in [5.74, 6) is 4.17. The van der Waals surface area contributed by atoms with Crippen molar-refractivity contribution in [3.8, 4) is 0 Å². The van der Waals surface area contributed by atoms with Gasteiger partial charge in [0.25, 0.3) is 0 Å². The minimum absolute atomic E-state index is 0.0408. The van der Waals surface area contributed by atoms with E-state index in [9.17, 15) is 0 Å². The first-order valence-electron chi connectivity index (χ1n) is 8.68. The summed E-state index contributed by atoms with van der Waals surface area (Å²) in [5.41, 5.74) is -0.0408. The summed E-state index contributed by atoms with van der Waals surface area (Å²) in [4.78, 5) is 13.1. The van der Waals surface area contributed by atoms with Gasteiger partial charge in [-0.3, -0.25) is 4.99 Å². The van der Waals surface area contributed by atoms with Crippen molar-refractivity contribution in [1.82, 2.24) is 30.4 Å². The van der Waals surface area contributed by atoms with E-state index in [1.807, 2.05) is 11.6 Å². The van der Waals surface area contributed by atoms with Crippen LogP contribution in [0.2, 0.25) is 0 Å². The molecule has 2 N–H and O–H groups in total. The summed E-state index contributed by atoms with van der Waals surface area (Å²) in [6.07, 6.45) is 3.72. The second-order valence-corrected chi connectivity index (χ2v) is 7.43. The maximum atomic E-state index is 5.80. The predicted octanol–water partition coefficient (Wildman–Crippen LogP) is 1.55. The minimum atomic E-state index is -0.0408. The third kappa shape index (κ3) is 4.18. The van der Waals surface area contributed by atoms with E-state index in [-0.39, 0.29) is 11.5 Å². The second kappa shape index (κ2) is 6.85. The normalized spacial score (nSPS) is 18.1. The third-order valence-corrected chi connectivity index (χ3v) is 4.23. The molecule has 136 valence electrons. The van der Waals surface area contributed by atoms with Crippen molar-refractivity contribution in [2.24, 2.45) is 4.99 Å². The Morgan fingerprint density at radius 1 is 1.44 bits per heavy atom. The largest absolute Gasteiger partial charge is 0.443 e. The molecule has 3 heterocycles. The van der Waals surface area contributed by atoms with Gasteiger partial charge in [0, 0.05) is 24.9 Å². The molecule has 1 aliphatic rings. The molecule has 2 aromatic rings. The fourth-order valence-electron chi connectivity index (χ4n) is 2.84. The molecular weight excluding hydrogens is 318 g/mol. The fraction of sp³-hybridized carbons (Fsp3) is 0.647. The fourth-order valence-corrected chi connectivity index (χ4v) is 2.84. The Bertz CT molecular complexity index is 753. The number of nitrogens with zero attached hydrogens (tertiary/aromatic N) is 5. The maximum absolute atomic E-state index is 5.80. The van der Waals surface area contributed by atoms with E-state index in [1.165, 1.54) is 0 Å². The van der Waals surface area contributed by atoms with E-state index in [1.54, 1.807) is 13.2 Å². The number of guanidine groups is 1. The van der Waals surface area contributed by atoms with Crippen molar-refractivity contribution >= 4 is 5.96 Å². The van der Waals surface area contributed by atoms with Crippen molar-refractivity contribution in [3.05, 3.63) is 29.5 Å². The SMILES string of the molecule is CN=C(NCc1ncc(C(C)(C)C)o1)NC1CCc2nc(C)nn2C1. The van der Waals surface area contributed by atoms with Gasteiger partial charge in [-0.2, -0.15) is 5.10 Å². The average Bonchev–Trinajstić information content (AvgIpc) is 3.16. The molecule has 1 atom stereocenters. The molecule has 8 heteroatoms. The molecule has 1 aliphatic heterocycles. The Morgan fingerprint density at radius 3 is 2.92 bits per heavy atom. The summed E-state index contributed by atoms with van der Waals surface area (Å²) in [5, 5.41) is 11.1. The average molecular weight is 345 g/mol. The molecular formula is C17H27N7O. The highest BCUT2D eigenvalue weighted by Crippen LogP contribution is 2.22. The van der Waals surface area contributed by atoms with Crippen LogP contribution in [0.4, 0.5) is 0 Å². The van der Waals surface area contributed by atoms with Gasteiger partial charge in [0.1, 0.15) is 17.4 Å². The van der Waals surface area contributed by atoms with Crippen molar-refractivity contribution < 1.29 is 4.42 Å². The van der Waals surface area contributed by atoms with Gasteiger partial charge in [0.05, 0.1) is 19.3 Å². The first kappa shape index (κ1) is 17.4. The number of rotatable bonds is 3. The van der Waals surface area contributed by atoms with Gasteiger partial charge in [-0.05, 0) is 13.3 Å². The van der Waals surface area contributed by atoms with Crippen LogP contribution >= 0.6 is 0 Å². The van der Waals surface area contributed by atoms with Crippen LogP contribution in [0.5, 0.6) is 0 Å². The van der Waals surface area contributed by atoms with E-state index in [2.05, 4.69) is 51.5 Å². The zero-order valence-electron chi connectivity index (χ0n) is 15.6. The third-order valence-electron chi connectivity index (χ3n) is 4.23. The molecule has 2 aromatic heterocycles. The monoisotopic (exact) mass is 345 g/mol. The molecule has 0 fully saturated rings. The molecule has 0 spiro atoms. The van der Waals surface area contributed by atoms with Gasteiger partial charge in [-0.25, -0.2) is 14.6 Å². The molecule has 0 bridgehead atoms. The molecule has 0 aliphatic carbocycles. The highest BCUT2D eigenvalue weighted by Gasteiger charge is 2.22. The van der Waals surface area contributed by atoms with Gasteiger partial charge in [-0.15, -0.1) is 0 Å². The molecule has 0 radical (unpaired) electrons. The molecule has 25 heavy (non-hydrogen) atoms. The topological polar surface area (TPSA) is 93.2 Å². The van der Waals surface area contributed by atoms with Crippen LogP contribution in [0.1, 0.15) is 50.5 Å².